The number of nitrogens with two attached hydrogens (primary N) is 2. The molecule has 0 aliphatic rings. The van der Waals surface area contributed by atoms with Crippen molar-refractivity contribution < 1.29 is 75.7 Å². The van der Waals surface area contributed by atoms with E-state index in [1.54, 1.807) is 71.9 Å². The third-order valence-electron chi connectivity index (χ3n) is 14.3. The fourth-order valence-electron chi connectivity index (χ4n) is 8.15. The Morgan fingerprint density at radius 2 is 0.731 bits per heavy atom. The first-order valence-corrected chi connectivity index (χ1v) is 33.6. The summed E-state index contributed by atoms with van der Waals surface area (Å²) in [6.45, 7) is 12.4. The van der Waals surface area contributed by atoms with Crippen molar-refractivity contribution in [2.75, 3.05) is 89.2 Å². The summed E-state index contributed by atoms with van der Waals surface area (Å²) in [6, 6.07) is 0. The number of aromatic amines is 4. The first-order chi connectivity index (χ1) is 55.3. The van der Waals surface area contributed by atoms with Gasteiger partial charge in [0.05, 0.1) is 31.8 Å². The van der Waals surface area contributed by atoms with Crippen molar-refractivity contribution in [1.29, 1.82) is 0 Å². The average molecular weight is 1760 g/mol. The second-order valence-electron chi connectivity index (χ2n) is 22.7. The largest absolute Gasteiger partial charge is 0.421 e. The summed E-state index contributed by atoms with van der Waals surface area (Å²) in [5.41, 5.74) is 6.06. The van der Waals surface area contributed by atoms with Gasteiger partial charge in [-0.3, -0.25) is 0 Å². The van der Waals surface area contributed by atoms with E-state index in [2.05, 4.69) is 147 Å². The van der Waals surface area contributed by atoms with Gasteiger partial charge in [0.2, 0.25) is 28.4 Å². The number of rotatable bonds is 13. The second-order valence-corrected chi connectivity index (χ2v) is 23.8. The van der Waals surface area contributed by atoms with Gasteiger partial charge in [-0.1, -0.05) is 11.6 Å². The summed E-state index contributed by atoms with van der Waals surface area (Å²) in [5.74, 6) is 6.11. The van der Waals surface area contributed by atoms with Gasteiger partial charge in [0, 0.05) is 94.2 Å². The van der Waals surface area contributed by atoms with Gasteiger partial charge >= 0.3 is 42.5 Å². The van der Waals surface area contributed by atoms with Crippen LogP contribution in [-0.4, -0.2) is 163 Å². The highest BCUT2D eigenvalue weighted by Gasteiger charge is 2.39. The van der Waals surface area contributed by atoms with E-state index >= 15 is 0 Å². The molecule has 0 spiro atoms. The number of alkyl halides is 15. The number of halogens is 18. The van der Waals surface area contributed by atoms with E-state index in [4.69, 9.17) is 46.3 Å². The van der Waals surface area contributed by atoms with Crippen LogP contribution in [0.2, 0.25) is 15.7 Å². The molecule has 12 rings (SSSR count). The van der Waals surface area contributed by atoms with Crippen LogP contribution >= 0.6 is 34.8 Å². The summed E-state index contributed by atoms with van der Waals surface area (Å²) in [7, 11) is 12.0. The Hall–Kier alpha value is -13.5. The number of H-pyrrole nitrogens is 4. The lowest BCUT2D eigenvalue weighted by Crippen LogP contribution is -2.13. The number of nitrogens with zero attached hydrogens (tertiary/aromatic N) is 22. The van der Waals surface area contributed by atoms with Crippen LogP contribution in [0.4, 0.5) is 154 Å². The molecular weight excluding hydrogens is 1690 g/mol. The summed E-state index contributed by atoms with van der Waals surface area (Å²) < 4.78 is 192. The summed E-state index contributed by atoms with van der Waals surface area (Å²) in [4.78, 5) is 92.7. The number of nitro groups is 2. The Kier molecular flexibility index (Phi) is 35.3. The van der Waals surface area contributed by atoms with Crippen molar-refractivity contribution in [3.05, 3.63) is 173 Å². The SMILES string of the molecule is CNc1nc(Cl)ncc1C(F)(F)F.CNc1nc(Cl)ncc1C(F)(F)F.CNc1nc(Nc2cnc(C)[nH]2)ncc1C(F)(F)F.CNc1nc(Nc2cnc(C)n2C)ncc1C(F)(F)F.CNc1nc(Nc2nc(C)[nH]c2Cl)ncc1C(F)(F)F.Cc1ncc(N)[nH]1.Cc1ncc(N)n1C.Cc1ncc([N+](=O)[O-])[nH]1.Cc1ncc([N+](=O)[O-])n1C. The fraction of sp³-hybridized carbons (Fsp3) is 0.328. The molecule has 0 atom stereocenters. The molecule has 0 radical (unpaired) electrons. The molecule has 119 heavy (non-hydrogen) atoms. The van der Waals surface area contributed by atoms with E-state index in [-0.39, 0.29) is 80.1 Å². The number of nitrogens with one attached hydrogen (secondary N) is 12. The monoisotopic (exact) mass is 1760 g/mol. The van der Waals surface area contributed by atoms with Gasteiger partial charge in [-0.15, -0.1) is 0 Å². The lowest BCUT2D eigenvalue weighted by atomic mass is 10.3. The summed E-state index contributed by atoms with van der Waals surface area (Å²) in [6.07, 6.45) is -10.3. The topological polar surface area (TPSA) is 532 Å². The highest BCUT2D eigenvalue weighted by molar-refractivity contribution is 6.32. The maximum Gasteiger partial charge on any atom is 0.421 e. The molecule has 58 heteroatoms. The molecule has 12 heterocycles. The number of aryl methyl sites for hydroxylation is 7. The minimum absolute atomic E-state index is 0.0255. The van der Waals surface area contributed by atoms with Gasteiger partial charge in [0.1, 0.15) is 122 Å². The van der Waals surface area contributed by atoms with Crippen molar-refractivity contribution in [2.45, 2.75) is 79.3 Å². The molecule has 40 nitrogen and oxygen atoms in total. The Bertz CT molecular complexity index is 5100. The van der Waals surface area contributed by atoms with Crippen LogP contribution in [0.15, 0.2) is 68.2 Å². The zero-order valence-electron chi connectivity index (χ0n) is 64.3. The molecule has 12 aromatic rings. The Balaban J connectivity index is 0.000000287. The van der Waals surface area contributed by atoms with E-state index in [9.17, 15) is 86.1 Å². The minimum atomic E-state index is -4.53. The predicted octanol–water partition coefficient (Wildman–Crippen LogP) is 13.9. The van der Waals surface area contributed by atoms with Gasteiger partial charge in [0.15, 0.2) is 22.6 Å². The van der Waals surface area contributed by atoms with Crippen molar-refractivity contribution in [2.24, 2.45) is 21.1 Å². The number of anilines is 13. The van der Waals surface area contributed by atoms with Crippen LogP contribution in [0.1, 0.15) is 68.6 Å². The van der Waals surface area contributed by atoms with E-state index in [0.29, 0.717) is 65.2 Å². The van der Waals surface area contributed by atoms with Crippen LogP contribution in [0.5, 0.6) is 0 Å². The smallest absolute Gasteiger partial charge is 0.384 e. The standard InChI is InChI=1S/C11H13F3N6.C10H10ClF3N6.C10H11F3N6.2C6H5ClF3N3.C5H7N3O2.C5H9N3.C4H5N3O2.C4H7N3/c1-6-16-5-8(20(6)3)18-10-17-4-7(11(12,13)14)9(15-2)19-10;1-4-17-6(11)8(18-4)20-9-16-3-5(10(12,13)14)7(15-2)19-9;1-5-15-4-7(17-5)18-9-16-3-6(10(11,12)13)8(14-2)19-9;2*1-11-4-3(6(8,9)10)2-12-5(7)13-4;1-4-6-3-5(7(4)2)8(9)10;1-4-7-3-5(6)8(4)2;1-3-5-2-4(6-3)7(8)9;1-3-6-2-4(5)7-3/h4-5H,1-3H3,(H2,15,17,18,19);3H,1-2H3,(H,17,18)(H2,15,16,19,20);3-4H,1-2H3,(H,15,17)(H2,14,16,18,19);2*2H,1H3,(H,11,12,13);3H,1-2H3;3H,6H2,1-2H3;2H,1H3,(H,5,6);2H,5H2,1H3,(H,6,7). The number of imidazole rings is 7. The first kappa shape index (κ1) is 97.9. The summed E-state index contributed by atoms with van der Waals surface area (Å²) >= 11 is 16.5. The normalized spacial score (nSPS) is 10.9. The van der Waals surface area contributed by atoms with E-state index < -0.39 is 68.5 Å². The number of nitrogen functional groups attached to an aromatic ring is 2. The second kappa shape index (κ2) is 42.9. The molecule has 646 valence electrons. The molecule has 0 unspecified atom stereocenters. The van der Waals surface area contributed by atoms with Gasteiger partial charge in [-0.25, -0.2) is 79.3 Å². The molecule has 0 aliphatic carbocycles. The average Bonchev–Trinajstić information content (AvgIpc) is 1.70. The highest BCUT2D eigenvalue weighted by Crippen LogP contribution is 2.38. The van der Waals surface area contributed by atoms with Crippen molar-refractivity contribution in [3.8, 4) is 0 Å². The highest BCUT2D eigenvalue weighted by atomic mass is 35.5. The van der Waals surface area contributed by atoms with Gasteiger partial charge < -0.3 is 98.3 Å². The van der Waals surface area contributed by atoms with E-state index in [1.807, 2.05) is 25.5 Å². The first-order valence-electron chi connectivity index (χ1n) is 32.5. The molecule has 0 saturated heterocycles. The van der Waals surface area contributed by atoms with E-state index in [1.165, 1.54) is 58.4 Å². The maximum atomic E-state index is 12.7. The number of aromatic nitrogens is 24. The third kappa shape index (κ3) is 30.6. The molecule has 0 aliphatic heterocycles. The Labute approximate surface area is 676 Å². The van der Waals surface area contributed by atoms with Crippen molar-refractivity contribution >= 4 is 122 Å². The Morgan fingerprint density at radius 3 is 0.992 bits per heavy atom. The molecule has 0 bridgehead atoms. The predicted molar refractivity (Wildman–Crippen MR) is 407 cm³/mol. The molecule has 12 aromatic heterocycles. The molecule has 0 aromatic carbocycles. The molecule has 0 saturated carbocycles. The van der Waals surface area contributed by atoms with Crippen LogP contribution in [-0.2, 0) is 52.0 Å². The molecule has 0 amide bonds. The van der Waals surface area contributed by atoms with Crippen molar-refractivity contribution in [3.63, 3.8) is 0 Å². The van der Waals surface area contributed by atoms with Crippen LogP contribution in [0.25, 0.3) is 0 Å². The van der Waals surface area contributed by atoms with Crippen LogP contribution < -0.4 is 54.0 Å². The number of hydrogen-bond acceptors (Lipinski definition) is 31. The number of hydrogen-bond donors (Lipinski definition) is 14. The summed E-state index contributed by atoms with van der Waals surface area (Å²) in [5, 5.41) is 39.9. The van der Waals surface area contributed by atoms with E-state index in [0.717, 1.165) is 29.9 Å². The molecule has 16 N–H and O–H groups in total. The zero-order valence-corrected chi connectivity index (χ0v) is 66.5. The zero-order chi connectivity index (χ0) is 90.0. The fourth-order valence-corrected chi connectivity index (χ4v) is 8.64. The molecular formula is C61H72Cl3F15N36O4. The lowest BCUT2D eigenvalue weighted by molar-refractivity contribution is -0.391. The van der Waals surface area contributed by atoms with Gasteiger partial charge in [-0.2, -0.15) is 80.8 Å². The third-order valence-corrected chi connectivity index (χ3v) is 14.9. The van der Waals surface area contributed by atoms with Gasteiger partial charge in [0.25, 0.3) is 0 Å². The molecule has 0 fully saturated rings. The quantitative estimate of drug-likeness (QED) is 0.0221. The maximum absolute atomic E-state index is 12.7. The lowest BCUT2D eigenvalue weighted by Gasteiger charge is -2.13. The minimum Gasteiger partial charge on any atom is -0.384 e. The van der Waals surface area contributed by atoms with Crippen LogP contribution in [0, 0.1) is 68.7 Å². The van der Waals surface area contributed by atoms with Crippen LogP contribution in [0.3, 0.4) is 0 Å². The van der Waals surface area contributed by atoms with Gasteiger partial charge in [-0.05, 0) is 67.7 Å². The van der Waals surface area contributed by atoms with Crippen molar-refractivity contribution in [1.82, 2.24) is 118 Å². The Morgan fingerprint density at radius 1 is 0.370 bits per heavy atom.